The smallest absolute Gasteiger partial charge is 0.321 e. The standard InChI is InChI=1S/C13H19N7OS/c1-3-4-11-17-18-13(22-11)15-12(21)14-8-5-6-10-9(7-8)16-19-20(10)2/h8H,3-7H2,1-2H3,(H2,14,15,18,21). The second-order valence-electron chi connectivity index (χ2n) is 5.40. The first-order valence-corrected chi connectivity index (χ1v) is 8.24. The fourth-order valence-corrected chi connectivity index (χ4v) is 3.43. The Hall–Kier alpha value is -2.03. The van der Waals surface area contributed by atoms with Crippen LogP contribution in [-0.4, -0.2) is 37.3 Å². The zero-order valence-corrected chi connectivity index (χ0v) is 13.5. The molecule has 2 amide bonds. The highest BCUT2D eigenvalue weighted by Crippen LogP contribution is 2.19. The van der Waals surface area contributed by atoms with Gasteiger partial charge in [0.1, 0.15) is 5.01 Å². The molecule has 0 saturated heterocycles. The molecular weight excluding hydrogens is 302 g/mol. The molecule has 0 spiro atoms. The maximum atomic E-state index is 12.0. The van der Waals surface area contributed by atoms with Crippen LogP contribution in [0.15, 0.2) is 0 Å². The summed E-state index contributed by atoms with van der Waals surface area (Å²) in [5, 5.41) is 23.4. The molecule has 9 heteroatoms. The van der Waals surface area contributed by atoms with Gasteiger partial charge in [0.05, 0.1) is 11.4 Å². The minimum absolute atomic E-state index is 0.0761. The summed E-state index contributed by atoms with van der Waals surface area (Å²) in [5.41, 5.74) is 2.13. The lowest BCUT2D eigenvalue weighted by atomic mass is 9.96. The number of carbonyl (C=O) groups excluding carboxylic acids is 1. The molecule has 118 valence electrons. The number of carbonyl (C=O) groups is 1. The topological polar surface area (TPSA) is 97.6 Å². The molecule has 0 radical (unpaired) electrons. The van der Waals surface area contributed by atoms with Crippen molar-refractivity contribution in [3.63, 3.8) is 0 Å². The van der Waals surface area contributed by atoms with Gasteiger partial charge in [0.2, 0.25) is 5.13 Å². The van der Waals surface area contributed by atoms with E-state index in [9.17, 15) is 4.79 Å². The first-order valence-electron chi connectivity index (χ1n) is 7.43. The Morgan fingerprint density at radius 2 is 2.27 bits per heavy atom. The van der Waals surface area contributed by atoms with Crippen LogP contribution < -0.4 is 10.6 Å². The predicted molar refractivity (Wildman–Crippen MR) is 82.9 cm³/mol. The van der Waals surface area contributed by atoms with Crippen molar-refractivity contribution in [3.8, 4) is 0 Å². The van der Waals surface area contributed by atoms with Crippen molar-refractivity contribution in [3.05, 3.63) is 16.4 Å². The van der Waals surface area contributed by atoms with Crippen LogP contribution in [0.2, 0.25) is 0 Å². The van der Waals surface area contributed by atoms with Gasteiger partial charge in [-0.15, -0.1) is 15.3 Å². The van der Waals surface area contributed by atoms with Gasteiger partial charge in [0.25, 0.3) is 0 Å². The van der Waals surface area contributed by atoms with Gasteiger partial charge < -0.3 is 5.32 Å². The largest absolute Gasteiger partial charge is 0.335 e. The summed E-state index contributed by atoms with van der Waals surface area (Å²) in [6.45, 7) is 2.09. The third-order valence-corrected chi connectivity index (χ3v) is 4.58. The van der Waals surface area contributed by atoms with E-state index >= 15 is 0 Å². The lowest BCUT2D eigenvalue weighted by Gasteiger charge is -2.22. The van der Waals surface area contributed by atoms with Crippen molar-refractivity contribution in [1.82, 2.24) is 30.5 Å². The fourth-order valence-electron chi connectivity index (χ4n) is 2.59. The van der Waals surface area contributed by atoms with Crippen molar-refractivity contribution in [2.45, 2.75) is 45.1 Å². The van der Waals surface area contributed by atoms with E-state index in [4.69, 9.17) is 0 Å². The van der Waals surface area contributed by atoms with E-state index in [1.165, 1.54) is 11.3 Å². The molecule has 0 bridgehead atoms. The SMILES string of the molecule is CCCc1nnc(NC(=O)NC2CCc3c(nnn3C)C2)s1. The summed E-state index contributed by atoms with van der Waals surface area (Å²) in [6, 6.07) is -0.163. The molecule has 2 N–H and O–H groups in total. The number of nitrogens with one attached hydrogen (secondary N) is 2. The van der Waals surface area contributed by atoms with Crippen molar-refractivity contribution in [1.29, 1.82) is 0 Å². The highest BCUT2D eigenvalue weighted by atomic mass is 32.1. The monoisotopic (exact) mass is 321 g/mol. The first-order chi connectivity index (χ1) is 10.7. The van der Waals surface area contributed by atoms with Crippen LogP contribution in [0.25, 0.3) is 0 Å². The Kier molecular flexibility index (Phi) is 4.32. The van der Waals surface area contributed by atoms with Gasteiger partial charge in [-0.1, -0.05) is 23.5 Å². The fraction of sp³-hybridized carbons (Fsp3) is 0.615. The molecule has 0 aliphatic heterocycles. The third-order valence-electron chi connectivity index (χ3n) is 3.68. The number of aromatic nitrogens is 5. The number of amides is 2. The van der Waals surface area contributed by atoms with E-state index in [1.54, 1.807) is 0 Å². The maximum absolute atomic E-state index is 12.0. The van der Waals surface area contributed by atoms with E-state index in [0.717, 1.165) is 42.1 Å². The van der Waals surface area contributed by atoms with Gasteiger partial charge in [0.15, 0.2) is 0 Å². The predicted octanol–water partition coefficient (Wildman–Crippen LogP) is 1.30. The van der Waals surface area contributed by atoms with Crippen LogP contribution >= 0.6 is 11.3 Å². The van der Waals surface area contributed by atoms with E-state index in [0.29, 0.717) is 11.6 Å². The molecule has 2 heterocycles. The summed E-state index contributed by atoms with van der Waals surface area (Å²) in [6.07, 6.45) is 4.39. The van der Waals surface area contributed by atoms with Crippen LogP contribution in [0.5, 0.6) is 0 Å². The van der Waals surface area contributed by atoms with E-state index in [2.05, 4.69) is 38.1 Å². The number of anilines is 1. The summed E-state index contributed by atoms with van der Waals surface area (Å²) in [7, 11) is 1.90. The Balaban J connectivity index is 1.54. The minimum atomic E-state index is -0.239. The van der Waals surface area contributed by atoms with Gasteiger partial charge >= 0.3 is 6.03 Å². The van der Waals surface area contributed by atoms with Crippen LogP contribution in [0, 0.1) is 0 Å². The summed E-state index contributed by atoms with van der Waals surface area (Å²) < 4.78 is 1.81. The molecule has 2 aromatic heterocycles. The molecule has 3 rings (SSSR count). The molecule has 1 unspecified atom stereocenters. The zero-order chi connectivity index (χ0) is 15.5. The second kappa shape index (κ2) is 6.39. The molecule has 2 aromatic rings. The van der Waals surface area contributed by atoms with E-state index in [1.807, 2.05) is 11.7 Å². The number of urea groups is 1. The highest BCUT2D eigenvalue weighted by Gasteiger charge is 2.24. The molecular formula is C13H19N7OS. The second-order valence-corrected chi connectivity index (χ2v) is 6.46. The molecule has 0 saturated carbocycles. The Labute approximate surface area is 132 Å². The number of hydrogen-bond acceptors (Lipinski definition) is 6. The van der Waals surface area contributed by atoms with Crippen molar-refractivity contribution >= 4 is 22.5 Å². The number of hydrogen-bond donors (Lipinski definition) is 2. The van der Waals surface area contributed by atoms with Crippen LogP contribution in [0.1, 0.15) is 36.2 Å². The van der Waals surface area contributed by atoms with Gasteiger partial charge in [0, 0.05) is 25.9 Å². The van der Waals surface area contributed by atoms with Gasteiger partial charge in [-0.2, -0.15) is 0 Å². The van der Waals surface area contributed by atoms with Crippen LogP contribution in [-0.2, 0) is 26.3 Å². The quantitative estimate of drug-likeness (QED) is 0.884. The molecule has 0 fully saturated rings. The number of nitrogens with zero attached hydrogens (tertiary/aromatic N) is 5. The van der Waals surface area contributed by atoms with E-state index in [-0.39, 0.29) is 12.1 Å². The van der Waals surface area contributed by atoms with Gasteiger partial charge in [-0.05, 0) is 19.3 Å². The molecule has 22 heavy (non-hydrogen) atoms. The molecule has 1 aliphatic carbocycles. The molecule has 1 atom stereocenters. The molecule has 0 aromatic carbocycles. The zero-order valence-electron chi connectivity index (χ0n) is 12.7. The van der Waals surface area contributed by atoms with Crippen LogP contribution in [0.3, 0.4) is 0 Å². The minimum Gasteiger partial charge on any atom is -0.335 e. The average molecular weight is 321 g/mol. The third kappa shape index (κ3) is 3.24. The first kappa shape index (κ1) is 14.9. The summed E-state index contributed by atoms with van der Waals surface area (Å²) in [4.78, 5) is 12.0. The lowest BCUT2D eigenvalue weighted by molar-refractivity contribution is 0.247. The van der Waals surface area contributed by atoms with Gasteiger partial charge in [-0.3, -0.25) is 10.00 Å². The Morgan fingerprint density at radius 3 is 3.09 bits per heavy atom. The van der Waals surface area contributed by atoms with Crippen molar-refractivity contribution in [2.75, 3.05) is 5.32 Å². The normalized spacial score (nSPS) is 17.1. The lowest BCUT2D eigenvalue weighted by Crippen LogP contribution is -2.41. The number of aryl methyl sites for hydroxylation is 2. The number of fused-ring (bicyclic) bond motifs is 1. The van der Waals surface area contributed by atoms with Crippen LogP contribution in [0.4, 0.5) is 9.93 Å². The van der Waals surface area contributed by atoms with E-state index < -0.39 is 0 Å². The van der Waals surface area contributed by atoms with Crippen molar-refractivity contribution in [2.24, 2.45) is 7.05 Å². The highest BCUT2D eigenvalue weighted by molar-refractivity contribution is 7.15. The number of rotatable bonds is 4. The molecule has 8 nitrogen and oxygen atoms in total. The Bertz CT molecular complexity index is 665. The summed E-state index contributed by atoms with van der Waals surface area (Å²) in [5.74, 6) is 0. The molecule has 1 aliphatic rings. The average Bonchev–Trinajstić information content (AvgIpc) is 3.07. The van der Waals surface area contributed by atoms with Crippen molar-refractivity contribution < 1.29 is 4.79 Å². The summed E-state index contributed by atoms with van der Waals surface area (Å²) >= 11 is 1.42. The Morgan fingerprint density at radius 1 is 1.41 bits per heavy atom. The van der Waals surface area contributed by atoms with Gasteiger partial charge in [-0.25, -0.2) is 4.79 Å². The maximum Gasteiger partial charge on any atom is 0.321 e.